The summed E-state index contributed by atoms with van der Waals surface area (Å²) in [6.45, 7) is 3.05. The zero-order chi connectivity index (χ0) is 27.6. The lowest BCUT2D eigenvalue weighted by Crippen LogP contribution is -2.15. The number of benzene rings is 2. The highest BCUT2D eigenvalue weighted by Gasteiger charge is 2.09. The number of carboxylic acids is 2. The Morgan fingerprint density at radius 3 is 2.29 bits per heavy atom. The lowest BCUT2D eigenvalue weighted by molar-refractivity contribution is -0.134. The number of aromatic nitrogens is 2. The Morgan fingerprint density at radius 2 is 1.66 bits per heavy atom. The third-order valence-corrected chi connectivity index (χ3v) is 5.57. The molecule has 0 spiro atoms. The van der Waals surface area contributed by atoms with Crippen LogP contribution in [0.3, 0.4) is 0 Å². The maximum Gasteiger partial charge on any atom is 0.328 e. The Hall–Kier alpha value is -3.67. The summed E-state index contributed by atoms with van der Waals surface area (Å²) in [5.74, 6) is 1.05. The standard InChI is InChI=1S/C23H29N3O3S.C4H4O4/c1-26(2)13-6-14-28-21-11-9-20(10-12-21)23-25-24-22(29-23)18-30-16-15-27-17-19-7-4-3-5-8-19;5-3(6)1-2-4(7)8/h3-5,7-12H,6,13-18H2,1-2H3;1-2H,(H,5,6)(H,7,8)/b;2-1-. The van der Waals surface area contributed by atoms with Gasteiger partial charge in [0, 0.05) is 30.0 Å². The molecule has 0 radical (unpaired) electrons. The van der Waals surface area contributed by atoms with Crippen molar-refractivity contribution in [2.75, 3.05) is 39.6 Å². The molecular formula is C27H33N3O7S. The summed E-state index contributed by atoms with van der Waals surface area (Å²) in [7, 11) is 4.12. The fraction of sp³-hybridized carbons (Fsp3) is 0.333. The molecule has 11 heteroatoms. The summed E-state index contributed by atoms with van der Waals surface area (Å²) in [5, 5.41) is 23.9. The molecule has 3 rings (SSSR count). The molecule has 0 atom stereocenters. The van der Waals surface area contributed by atoms with E-state index < -0.39 is 11.9 Å². The van der Waals surface area contributed by atoms with E-state index in [2.05, 4.69) is 41.3 Å². The van der Waals surface area contributed by atoms with E-state index in [1.807, 2.05) is 42.5 Å². The highest BCUT2D eigenvalue weighted by atomic mass is 32.2. The van der Waals surface area contributed by atoms with Crippen LogP contribution in [0.1, 0.15) is 17.9 Å². The minimum atomic E-state index is -1.26. The van der Waals surface area contributed by atoms with Gasteiger partial charge in [-0.25, -0.2) is 9.59 Å². The van der Waals surface area contributed by atoms with Crippen LogP contribution in [0.25, 0.3) is 11.5 Å². The highest BCUT2D eigenvalue weighted by molar-refractivity contribution is 7.98. The van der Waals surface area contributed by atoms with E-state index in [0.29, 0.717) is 49.5 Å². The van der Waals surface area contributed by atoms with Crippen molar-refractivity contribution in [1.82, 2.24) is 15.1 Å². The second-order valence-corrected chi connectivity index (χ2v) is 9.24. The fourth-order valence-electron chi connectivity index (χ4n) is 2.88. The summed E-state index contributed by atoms with van der Waals surface area (Å²) < 4.78 is 17.2. The molecule has 0 saturated heterocycles. The number of aliphatic carboxylic acids is 2. The third kappa shape index (κ3) is 13.6. The van der Waals surface area contributed by atoms with Crippen molar-refractivity contribution in [3.8, 4) is 17.2 Å². The molecule has 0 aliphatic rings. The van der Waals surface area contributed by atoms with Gasteiger partial charge in [-0.1, -0.05) is 30.3 Å². The summed E-state index contributed by atoms with van der Waals surface area (Å²) in [4.78, 5) is 21.3. The molecule has 0 bridgehead atoms. The van der Waals surface area contributed by atoms with E-state index in [9.17, 15) is 9.59 Å². The van der Waals surface area contributed by atoms with Crippen molar-refractivity contribution >= 4 is 23.7 Å². The first-order valence-electron chi connectivity index (χ1n) is 11.9. The molecule has 0 amide bonds. The van der Waals surface area contributed by atoms with Gasteiger partial charge in [-0.15, -0.1) is 22.0 Å². The van der Waals surface area contributed by atoms with Crippen molar-refractivity contribution in [2.24, 2.45) is 0 Å². The van der Waals surface area contributed by atoms with Crippen LogP contribution in [0.5, 0.6) is 5.75 Å². The second kappa shape index (κ2) is 17.7. The van der Waals surface area contributed by atoms with Crippen molar-refractivity contribution in [1.29, 1.82) is 0 Å². The molecule has 1 aromatic heterocycles. The minimum absolute atomic E-state index is 0.532. The van der Waals surface area contributed by atoms with Crippen molar-refractivity contribution in [3.63, 3.8) is 0 Å². The Labute approximate surface area is 226 Å². The topological polar surface area (TPSA) is 135 Å². The summed E-state index contributed by atoms with van der Waals surface area (Å²) >= 11 is 1.72. The van der Waals surface area contributed by atoms with Gasteiger partial charge >= 0.3 is 11.9 Å². The van der Waals surface area contributed by atoms with Gasteiger partial charge in [0.1, 0.15) is 5.75 Å². The number of carboxylic acid groups (broad SMARTS) is 2. The first kappa shape index (κ1) is 30.6. The van der Waals surface area contributed by atoms with Crippen molar-refractivity contribution in [3.05, 3.63) is 78.2 Å². The van der Waals surface area contributed by atoms with Crippen LogP contribution < -0.4 is 4.74 Å². The van der Waals surface area contributed by atoms with E-state index in [-0.39, 0.29) is 0 Å². The van der Waals surface area contributed by atoms with Crippen LogP contribution in [0.4, 0.5) is 0 Å². The van der Waals surface area contributed by atoms with E-state index in [0.717, 1.165) is 30.0 Å². The molecule has 0 aliphatic heterocycles. The van der Waals surface area contributed by atoms with Crippen LogP contribution in [-0.4, -0.2) is 76.9 Å². The molecule has 3 aromatic rings. The van der Waals surface area contributed by atoms with Gasteiger partial charge in [0.15, 0.2) is 0 Å². The van der Waals surface area contributed by atoms with E-state index in [1.54, 1.807) is 11.8 Å². The average Bonchev–Trinajstić information content (AvgIpc) is 3.38. The predicted octanol–water partition coefficient (Wildman–Crippen LogP) is 4.23. The van der Waals surface area contributed by atoms with Crippen LogP contribution in [0.2, 0.25) is 0 Å². The van der Waals surface area contributed by atoms with Gasteiger partial charge < -0.3 is 29.0 Å². The molecule has 1 heterocycles. The number of nitrogens with zero attached hydrogens (tertiary/aromatic N) is 3. The smallest absolute Gasteiger partial charge is 0.328 e. The predicted molar refractivity (Wildman–Crippen MR) is 145 cm³/mol. The molecule has 10 nitrogen and oxygen atoms in total. The molecule has 2 aromatic carbocycles. The third-order valence-electron chi connectivity index (χ3n) is 4.66. The number of carbonyl (C=O) groups is 2. The fourth-order valence-corrected chi connectivity index (χ4v) is 3.55. The molecule has 0 unspecified atom stereocenters. The number of ether oxygens (including phenoxy) is 2. The number of hydrogen-bond donors (Lipinski definition) is 2. The molecule has 38 heavy (non-hydrogen) atoms. The van der Waals surface area contributed by atoms with Gasteiger partial charge in [-0.2, -0.15) is 0 Å². The van der Waals surface area contributed by atoms with Gasteiger partial charge in [0.2, 0.25) is 11.8 Å². The maximum absolute atomic E-state index is 9.55. The normalized spacial score (nSPS) is 10.8. The lowest BCUT2D eigenvalue weighted by Gasteiger charge is -2.10. The maximum atomic E-state index is 9.55. The average molecular weight is 544 g/mol. The Morgan fingerprint density at radius 1 is 0.974 bits per heavy atom. The van der Waals surface area contributed by atoms with Crippen LogP contribution in [-0.2, 0) is 26.7 Å². The molecule has 0 aliphatic carbocycles. The Balaban J connectivity index is 0.000000550. The van der Waals surface area contributed by atoms with Crippen molar-refractivity contribution < 1.29 is 33.7 Å². The molecule has 0 saturated carbocycles. The zero-order valence-corrected chi connectivity index (χ0v) is 22.3. The molecule has 204 valence electrons. The first-order chi connectivity index (χ1) is 18.3. The number of hydrogen-bond acceptors (Lipinski definition) is 9. The van der Waals surface area contributed by atoms with Crippen LogP contribution >= 0.6 is 11.8 Å². The van der Waals surface area contributed by atoms with E-state index in [1.165, 1.54) is 5.56 Å². The van der Waals surface area contributed by atoms with Gasteiger partial charge in [-0.05, 0) is 50.3 Å². The van der Waals surface area contributed by atoms with Gasteiger partial charge in [-0.3, -0.25) is 0 Å². The SMILES string of the molecule is CN(C)CCCOc1ccc(-c2nnc(CSCCOCc3ccccc3)o2)cc1.O=C(O)/C=C\C(=O)O. The number of rotatable bonds is 15. The Kier molecular flexibility index (Phi) is 14.3. The summed E-state index contributed by atoms with van der Waals surface area (Å²) in [6.07, 6.45) is 2.11. The van der Waals surface area contributed by atoms with Crippen molar-refractivity contribution in [2.45, 2.75) is 18.8 Å². The van der Waals surface area contributed by atoms with Crippen LogP contribution in [0, 0.1) is 0 Å². The minimum Gasteiger partial charge on any atom is -0.494 e. The quantitative estimate of drug-likeness (QED) is 0.211. The van der Waals surface area contributed by atoms with Gasteiger partial charge in [0.25, 0.3) is 0 Å². The van der Waals surface area contributed by atoms with E-state index in [4.69, 9.17) is 24.1 Å². The first-order valence-corrected chi connectivity index (χ1v) is 13.0. The molecule has 0 fully saturated rings. The molecular weight excluding hydrogens is 510 g/mol. The number of thioether (sulfide) groups is 1. The van der Waals surface area contributed by atoms with E-state index >= 15 is 0 Å². The largest absolute Gasteiger partial charge is 0.494 e. The summed E-state index contributed by atoms with van der Waals surface area (Å²) in [6, 6.07) is 18.0. The molecule has 2 N–H and O–H groups in total. The monoisotopic (exact) mass is 543 g/mol. The second-order valence-electron chi connectivity index (χ2n) is 8.13. The lowest BCUT2D eigenvalue weighted by atomic mass is 10.2. The zero-order valence-electron chi connectivity index (χ0n) is 21.5. The summed E-state index contributed by atoms with van der Waals surface area (Å²) in [5.41, 5.74) is 2.08. The Bertz CT molecular complexity index is 1100. The van der Waals surface area contributed by atoms with Gasteiger partial charge in [0.05, 0.1) is 25.6 Å². The highest BCUT2D eigenvalue weighted by Crippen LogP contribution is 2.22. The van der Waals surface area contributed by atoms with Crippen LogP contribution in [0.15, 0.2) is 71.2 Å².